The van der Waals surface area contributed by atoms with Crippen molar-refractivity contribution in [3.05, 3.63) is 56.9 Å². The second kappa shape index (κ2) is 41.2. The first-order valence-corrected chi connectivity index (χ1v) is 2.78. The molecule has 1 nitrogen and oxygen atoms in total. The fraction of sp³-hybridized carbons (Fsp3) is 0. The zero-order chi connectivity index (χ0) is 9.54. The molecule has 0 aromatic carbocycles. The molecule has 0 bridgehead atoms. The zero-order valence-electron chi connectivity index (χ0n) is 6.71. The van der Waals surface area contributed by atoms with Crippen molar-refractivity contribution in [2.45, 2.75) is 0 Å². The number of hydrogen-bond acceptors (Lipinski definition) is 1. The summed E-state index contributed by atoms with van der Waals surface area (Å²) in [7, 11) is 0. The first kappa shape index (κ1) is 16.1. The van der Waals surface area contributed by atoms with E-state index in [1.165, 1.54) is 6.08 Å². The molecule has 0 aromatic heterocycles. The molecule has 0 fully saturated rings. The first-order chi connectivity index (χ1) is 5.24. The van der Waals surface area contributed by atoms with E-state index in [0.29, 0.717) is 0 Å². The number of rotatable bonds is 1. The highest BCUT2D eigenvalue weighted by molar-refractivity contribution is 4.93. The molecule has 0 aliphatic heterocycles. The van der Waals surface area contributed by atoms with E-state index >= 15 is 0 Å². The van der Waals surface area contributed by atoms with Crippen LogP contribution in [0.3, 0.4) is 0 Å². The molecule has 0 saturated heterocycles. The van der Waals surface area contributed by atoms with Crippen molar-refractivity contribution in [2.24, 2.45) is 0 Å². The van der Waals surface area contributed by atoms with E-state index in [0.717, 1.165) is 0 Å². The minimum Gasteiger partial charge on any atom is -0.193 e. The van der Waals surface area contributed by atoms with E-state index in [4.69, 9.17) is 5.26 Å². The summed E-state index contributed by atoms with van der Waals surface area (Å²) in [6.07, 6.45) is 4.46. The van der Waals surface area contributed by atoms with Crippen LogP contribution in [0.5, 0.6) is 0 Å². The summed E-state index contributed by atoms with van der Waals surface area (Å²) in [5.41, 5.74) is 2.25. The third-order valence-electron chi connectivity index (χ3n) is 0.258. The highest BCUT2D eigenvalue weighted by Crippen LogP contribution is 1.52. The maximum absolute atomic E-state index is 7.51. The van der Waals surface area contributed by atoms with Crippen LogP contribution in [-0.4, -0.2) is 0 Å². The molecule has 58 valence electrons. The van der Waals surface area contributed by atoms with Crippen molar-refractivity contribution in [1.29, 1.82) is 5.26 Å². The van der Waals surface area contributed by atoms with Gasteiger partial charge in [0.1, 0.15) is 0 Å². The van der Waals surface area contributed by atoms with E-state index in [-0.39, 0.29) is 0 Å². The zero-order valence-corrected chi connectivity index (χ0v) is 6.71. The topological polar surface area (TPSA) is 23.8 Å². The highest BCUT2D eigenvalue weighted by atomic mass is 14.2. The smallest absolute Gasteiger partial charge is 0.0905 e. The Bertz CT molecular complexity index is 158. The van der Waals surface area contributed by atoms with Crippen molar-refractivity contribution in [1.82, 2.24) is 0 Å². The van der Waals surface area contributed by atoms with E-state index in [9.17, 15) is 0 Å². The Hall–Kier alpha value is -1.77. The van der Waals surface area contributed by atoms with Gasteiger partial charge >= 0.3 is 0 Å². The maximum atomic E-state index is 7.51. The number of nitrogens with zero attached hydrogens (tertiary/aromatic N) is 1. The molecule has 0 amide bonds. The monoisotopic (exact) mass is 147 g/mol. The normalized spacial score (nSPS) is 3.91. The van der Waals surface area contributed by atoms with Crippen LogP contribution < -0.4 is 0 Å². The van der Waals surface area contributed by atoms with Crippen molar-refractivity contribution < 1.29 is 0 Å². The average molecular weight is 147 g/mol. The molecule has 1 heteroatoms. The van der Waals surface area contributed by atoms with E-state index < -0.39 is 0 Å². The SMILES string of the molecule is C=C=C.C=CC#N.C=CC=C. The quantitative estimate of drug-likeness (QED) is 0.318. The average Bonchev–Trinajstić information content (AvgIpc) is 2.06. The lowest BCUT2D eigenvalue weighted by molar-refractivity contribution is 1.54. The summed E-state index contributed by atoms with van der Waals surface area (Å²) in [5, 5.41) is 7.51. The Labute approximate surface area is 69.0 Å². The molecule has 0 heterocycles. The third-order valence-corrected chi connectivity index (χ3v) is 0.258. The van der Waals surface area contributed by atoms with Crippen molar-refractivity contribution in [3.8, 4) is 6.07 Å². The van der Waals surface area contributed by atoms with Gasteiger partial charge in [-0.2, -0.15) is 5.26 Å². The predicted octanol–water partition coefficient (Wildman–Crippen LogP) is 3.01. The van der Waals surface area contributed by atoms with Gasteiger partial charge in [-0.05, 0) is 0 Å². The van der Waals surface area contributed by atoms with E-state index in [1.807, 2.05) is 0 Å². The minimum absolute atomic E-state index is 1.18. The van der Waals surface area contributed by atoms with E-state index in [2.05, 4.69) is 38.6 Å². The van der Waals surface area contributed by atoms with Gasteiger partial charge in [0.25, 0.3) is 0 Å². The van der Waals surface area contributed by atoms with Gasteiger partial charge < -0.3 is 0 Å². The van der Waals surface area contributed by atoms with Crippen molar-refractivity contribution in [3.63, 3.8) is 0 Å². The molecule has 11 heavy (non-hydrogen) atoms. The molecule has 0 aliphatic rings. The molecule has 0 atom stereocenters. The number of nitriles is 1. The molecular formula is C10H13N. The number of allylic oxidation sites excluding steroid dienone is 3. The standard InChI is InChI=1S/C4H6.C3H3N.C3H4/c1-3-4-2;1-2-3-4;1-3-2/h3-4H,1-2H2;2H,1H2;1-2H2. The summed E-state index contributed by atoms with van der Waals surface area (Å²) in [6.45, 7) is 16.1. The van der Waals surface area contributed by atoms with Crippen LogP contribution in [0.2, 0.25) is 0 Å². The summed E-state index contributed by atoms with van der Waals surface area (Å²) in [5.74, 6) is 0. The van der Waals surface area contributed by atoms with Crippen LogP contribution in [0.4, 0.5) is 0 Å². The summed E-state index contributed by atoms with van der Waals surface area (Å²) >= 11 is 0. The second-order valence-corrected chi connectivity index (χ2v) is 1.05. The molecule has 0 spiro atoms. The lowest BCUT2D eigenvalue weighted by atomic mass is 10.6. The fourth-order valence-electron chi connectivity index (χ4n) is 0. The molecule has 0 N–H and O–H groups in total. The molecule has 0 radical (unpaired) electrons. The Morgan fingerprint density at radius 1 is 1.00 bits per heavy atom. The molecule has 0 rings (SSSR count). The number of hydrogen-bond donors (Lipinski definition) is 0. The molecule has 0 saturated carbocycles. The van der Waals surface area contributed by atoms with Gasteiger partial charge in [-0.1, -0.05) is 45.0 Å². The van der Waals surface area contributed by atoms with Crippen LogP contribution in [0.1, 0.15) is 0 Å². The Morgan fingerprint density at radius 3 is 1.18 bits per heavy atom. The van der Waals surface area contributed by atoms with Crippen molar-refractivity contribution >= 4 is 0 Å². The third kappa shape index (κ3) is 6040. The summed E-state index contributed by atoms with van der Waals surface area (Å²) in [4.78, 5) is 0. The largest absolute Gasteiger partial charge is 0.193 e. The minimum atomic E-state index is 1.18. The van der Waals surface area contributed by atoms with Crippen LogP contribution in [0, 0.1) is 11.3 Å². The maximum Gasteiger partial charge on any atom is 0.0905 e. The lowest BCUT2D eigenvalue weighted by Gasteiger charge is -1.44. The Kier molecular flexibility index (Phi) is 60.4. The molecule has 0 aromatic rings. The Morgan fingerprint density at radius 2 is 1.18 bits per heavy atom. The highest BCUT2D eigenvalue weighted by Gasteiger charge is 1.34. The van der Waals surface area contributed by atoms with Gasteiger partial charge in [-0.15, -0.1) is 5.73 Å². The molecular weight excluding hydrogens is 134 g/mol. The predicted molar refractivity (Wildman–Crippen MR) is 51.0 cm³/mol. The molecule has 0 aliphatic carbocycles. The van der Waals surface area contributed by atoms with Crippen LogP contribution in [0.15, 0.2) is 56.9 Å². The van der Waals surface area contributed by atoms with Gasteiger partial charge in [0.15, 0.2) is 0 Å². The summed E-state index contributed by atoms with van der Waals surface area (Å²) in [6, 6.07) is 1.69. The van der Waals surface area contributed by atoms with Gasteiger partial charge in [0, 0.05) is 6.08 Å². The van der Waals surface area contributed by atoms with Gasteiger partial charge in [0.2, 0.25) is 0 Å². The van der Waals surface area contributed by atoms with Gasteiger partial charge in [0.05, 0.1) is 6.07 Å². The van der Waals surface area contributed by atoms with Gasteiger partial charge in [-0.3, -0.25) is 0 Å². The van der Waals surface area contributed by atoms with E-state index in [1.54, 1.807) is 18.2 Å². The van der Waals surface area contributed by atoms with Gasteiger partial charge in [-0.25, -0.2) is 0 Å². The summed E-state index contributed by atoms with van der Waals surface area (Å²) < 4.78 is 0. The fourth-order valence-corrected chi connectivity index (χ4v) is 0. The second-order valence-electron chi connectivity index (χ2n) is 1.05. The Balaban J connectivity index is -0.0000000886. The van der Waals surface area contributed by atoms with Crippen LogP contribution in [-0.2, 0) is 0 Å². The first-order valence-electron chi connectivity index (χ1n) is 2.78. The van der Waals surface area contributed by atoms with Crippen LogP contribution >= 0.6 is 0 Å². The molecule has 0 unspecified atom stereocenters. The van der Waals surface area contributed by atoms with Crippen LogP contribution in [0.25, 0.3) is 0 Å². The lowest BCUT2D eigenvalue weighted by Crippen LogP contribution is -1.23. The van der Waals surface area contributed by atoms with Crippen molar-refractivity contribution in [2.75, 3.05) is 0 Å².